The van der Waals surface area contributed by atoms with Crippen LogP contribution < -0.4 is 10.4 Å². The number of thioether (sulfide) groups is 1. The number of benzene rings is 1. The summed E-state index contributed by atoms with van der Waals surface area (Å²) in [5.74, 6) is -0.0483. The molecule has 0 bridgehead atoms. The van der Waals surface area contributed by atoms with Gasteiger partial charge in [-0.1, -0.05) is 6.07 Å². The Labute approximate surface area is 144 Å². The van der Waals surface area contributed by atoms with Crippen LogP contribution in [-0.4, -0.2) is 48.2 Å². The van der Waals surface area contributed by atoms with Crippen molar-refractivity contribution in [2.75, 3.05) is 19.8 Å². The average Bonchev–Trinajstić information content (AvgIpc) is 3.19. The summed E-state index contributed by atoms with van der Waals surface area (Å²) in [6.07, 6.45) is 1.80. The molecule has 3 aliphatic rings. The largest absolute Gasteiger partial charge is 0.535 e. The topological polar surface area (TPSA) is 102 Å². The van der Waals surface area contributed by atoms with Crippen molar-refractivity contribution in [1.29, 1.82) is 0 Å². The second kappa shape index (κ2) is 6.26. The molecule has 1 saturated heterocycles. The van der Waals surface area contributed by atoms with Gasteiger partial charge in [-0.2, -0.15) is 0 Å². The number of aromatic carboxylic acids is 1. The van der Waals surface area contributed by atoms with Gasteiger partial charge < -0.3 is 25.3 Å². The van der Waals surface area contributed by atoms with Crippen molar-refractivity contribution in [2.45, 2.75) is 34.7 Å². The number of carboxylic acid groups (broad SMARTS) is 1. The summed E-state index contributed by atoms with van der Waals surface area (Å²) < 4.78 is 11.0. The number of rotatable bonds is 5. The average molecular weight is 349 g/mol. The number of fused-ring (bicyclic) bond motifs is 3. The maximum Gasteiger partial charge on any atom is 0.526 e. The molecule has 6 nitrogen and oxygen atoms in total. The van der Waals surface area contributed by atoms with E-state index in [0.29, 0.717) is 29.7 Å². The number of nitrogens with two attached hydrogens (primary N) is 1. The number of ether oxygens (including phenoxy) is 1. The van der Waals surface area contributed by atoms with Crippen LogP contribution in [-0.2, 0) is 4.74 Å². The molecular formula is C16H20BNO5S. The maximum atomic E-state index is 11.9. The van der Waals surface area contributed by atoms with E-state index < -0.39 is 13.1 Å². The summed E-state index contributed by atoms with van der Waals surface area (Å²) >= 11 is 1.48. The van der Waals surface area contributed by atoms with Crippen LogP contribution in [0.25, 0.3) is 0 Å². The molecular weight excluding hydrogens is 329 g/mol. The quantitative estimate of drug-likeness (QED) is 0.548. The highest BCUT2D eigenvalue weighted by Crippen LogP contribution is 2.60. The third-order valence-corrected chi connectivity index (χ3v) is 6.68. The van der Waals surface area contributed by atoms with Crippen molar-refractivity contribution in [3.63, 3.8) is 0 Å². The second-order valence-electron chi connectivity index (χ2n) is 6.69. The smallest absolute Gasteiger partial charge is 0.526 e. The highest BCUT2D eigenvalue weighted by Gasteiger charge is 2.54. The van der Waals surface area contributed by atoms with Gasteiger partial charge >= 0.3 is 13.1 Å². The van der Waals surface area contributed by atoms with Gasteiger partial charge in [0.05, 0.1) is 6.61 Å². The predicted molar refractivity (Wildman–Crippen MR) is 90.7 cm³/mol. The van der Waals surface area contributed by atoms with E-state index in [1.54, 1.807) is 0 Å². The van der Waals surface area contributed by atoms with Crippen molar-refractivity contribution in [3.8, 4) is 5.75 Å². The Morgan fingerprint density at radius 2 is 2.33 bits per heavy atom. The lowest BCUT2D eigenvalue weighted by Crippen LogP contribution is -2.28. The highest BCUT2D eigenvalue weighted by molar-refractivity contribution is 8.00. The molecule has 1 aliphatic carbocycles. The van der Waals surface area contributed by atoms with Crippen molar-refractivity contribution in [1.82, 2.24) is 0 Å². The van der Waals surface area contributed by atoms with Crippen molar-refractivity contribution in [2.24, 2.45) is 11.7 Å². The van der Waals surface area contributed by atoms with Crippen molar-refractivity contribution >= 4 is 24.8 Å². The van der Waals surface area contributed by atoms with Gasteiger partial charge in [0, 0.05) is 29.1 Å². The molecule has 0 amide bonds. The van der Waals surface area contributed by atoms with Gasteiger partial charge in [0.15, 0.2) is 0 Å². The molecule has 2 aliphatic heterocycles. The standard InChI is InChI=1S/C16H20BNO5S/c18-6-13(8-3-4-22-7-8)24-12-2-1-9-10-5-11(10)17(21)23-15(9)14(12)16(19)20/h1-2,8,10-11,13,21H,3-7,18H2,(H,19,20). The zero-order valence-corrected chi connectivity index (χ0v) is 14.0. The van der Waals surface area contributed by atoms with E-state index in [2.05, 4.69) is 0 Å². The predicted octanol–water partition coefficient (Wildman–Crippen LogP) is 1.57. The summed E-state index contributed by atoms with van der Waals surface area (Å²) in [4.78, 5) is 12.5. The summed E-state index contributed by atoms with van der Waals surface area (Å²) in [5, 5.41) is 19.8. The fraction of sp³-hybridized carbons (Fsp3) is 0.562. The Bertz CT molecular complexity index is 666. The zero-order chi connectivity index (χ0) is 16.8. The molecule has 4 N–H and O–H groups in total. The Balaban J connectivity index is 1.68. The van der Waals surface area contributed by atoms with E-state index in [0.717, 1.165) is 25.0 Å². The number of carboxylic acids is 1. The van der Waals surface area contributed by atoms with Crippen LogP contribution in [0.2, 0.25) is 5.82 Å². The molecule has 1 aromatic rings. The van der Waals surface area contributed by atoms with Gasteiger partial charge in [-0.15, -0.1) is 11.8 Å². The number of hydrogen-bond acceptors (Lipinski definition) is 6. The van der Waals surface area contributed by atoms with E-state index >= 15 is 0 Å². The first-order valence-corrected chi connectivity index (χ1v) is 9.17. The van der Waals surface area contributed by atoms with Crippen LogP contribution >= 0.6 is 11.8 Å². The SMILES string of the molecule is NCC(Sc1ccc2c(c1C(=O)O)OB(O)C1CC21)C1CCOC1. The molecule has 128 valence electrons. The fourth-order valence-corrected chi connectivity index (χ4v) is 5.02. The first kappa shape index (κ1) is 16.3. The van der Waals surface area contributed by atoms with Gasteiger partial charge in [0.1, 0.15) is 11.3 Å². The first-order chi connectivity index (χ1) is 11.6. The fourth-order valence-electron chi connectivity index (χ4n) is 3.74. The molecule has 1 saturated carbocycles. The molecule has 0 spiro atoms. The van der Waals surface area contributed by atoms with Gasteiger partial charge in [-0.05, 0) is 36.3 Å². The molecule has 0 aromatic heterocycles. The lowest BCUT2D eigenvalue weighted by molar-refractivity contribution is 0.0690. The van der Waals surface area contributed by atoms with Crippen LogP contribution in [0.5, 0.6) is 5.75 Å². The molecule has 2 fully saturated rings. The Hall–Kier alpha value is -1.22. The molecule has 1 aromatic carbocycles. The van der Waals surface area contributed by atoms with Crippen LogP contribution in [0.15, 0.2) is 17.0 Å². The summed E-state index contributed by atoms with van der Waals surface area (Å²) in [7, 11) is -0.908. The monoisotopic (exact) mass is 349 g/mol. The summed E-state index contributed by atoms with van der Waals surface area (Å²) in [6, 6.07) is 3.81. The third kappa shape index (κ3) is 2.71. The van der Waals surface area contributed by atoms with Crippen molar-refractivity contribution < 1.29 is 24.3 Å². The van der Waals surface area contributed by atoms with Crippen LogP contribution in [0.4, 0.5) is 0 Å². The molecule has 2 heterocycles. The molecule has 8 heteroatoms. The molecule has 4 unspecified atom stereocenters. The Morgan fingerprint density at radius 1 is 1.50 bits per heavy atom. The minimum atomic E-state index is -1.03. The Morgan fingerprint density at radius 3 is 3.00 bits per heavy atom. The van der Waals surface area contributed by atoms with Gasteiger partial charge in [-0.25, -0.2) is 4.79 Å². The van der Waals surface area contributed by atoms with Gasteiger partial charge in [-0.3, -0.25) is 0 Å². The van der Waals surface area contributed by atoms with E-state index in [-0.39, 0.29) is 22.5 Å². The van der Waals surface area contributed by atoms with Crippen molar-refractivity contribution in [3.05, 3.63) is 23.3 Å². The van der Waals surface area contributed by atoms with E-state index in [9.17, 15) is 14.9 Å². The van der Waals surface area contributed by atoms with E-state index in [1.165, 1.54) is 11.8 Å². The number of carbonyl (C=O) groups is 1. The van der Waals surface area contributed by atoms with Crippen LogP contribution in [0.3, 0.4) is 0 Å². The molecule has 4 rings (SSSR count). The minimum absolute atomic E-state index is 0.102. The Kier molecular flexibility index (Phi) is 4.24. The van der Waals surface area contributed by atoms with Crippen LogP contribution in [0, 0.1) is 5.92 Å². The minimum Gasteiger partial charge on any atom is -0.535 e. The first-order valence-electron chi connectivity index (χ1n) is 8.29. The second-order valence-corrected chi connectivity index (χ2v) is 7.97. The lowest BCUT2D eigenvalue weighted by Gasteiger charge is -2.25. The molecule has 0 radical (unpaired) electrons. The summed E-state index contributed by atoms with van der Waals surface area (Å²) in [5.41, 5.74) is 6.98. The van der Waals surface area contributed by atoms with Gasteiger partial charge in [0.25, 0.3) is 0 Å². The van der Waals surface area contributed by atoms with Gasteiger partial charge in [0.2, 0.25) is 0 Å². The molecule has 24 heavy (non-hydrogen) atoms. The van der Waals surface area contributed by atoms with E-state index in [1.807, 2.05) is 12.1 Å². The van der Waals surface area contributed by atoms with Crippen LogP contribution in [0.1, 0.15) is 34.7 Å². The van der Waals surface area contributed by atoms with E-state index in [4.69, 9.17) is 15.1 Å². The molecule has 4 atom stereocenters. The lowest BCUT2D eigenvalue weighted by atomic mass is 9.77. The third-order valence-electron chi connectivity index (χ3n) is 5.21. The maximum absolute atomic E-state index is 11.9. The highest BCUT2D eigenvalue weighted by atomic mass is 32.2. The normalized spacial score (nSPS) is 28.8. The zero-order valence-electron chi connectivity index (χ0n) is 13.2. The number of hydrogen-bond donors (Lipinski definition) is 3. The summed E-state index contributed by atoms with van der Waals surface area (Å²) in [6.45, 7) is 1.86.